The van der Waals surface area contributed by atoms with Crippen LogP contribution in [0, 0.1) is 17.0 Å². The van der Waals surface area contributed by atoms with Gasteiger partial charge in [-0.05, 0) is 48.9 Å². The average molecular weight is 543 g/mol. The summed E-state index contributed by atoms with van der Waals surface area (Å²) in [6.45, 7) is 1.61. The lowest BCUT2D eigenvalue weighted by Gasteiger charge is -2.14. The first-order valence-corrected chi connectivity index (χ1v) is 12.3. The Labute approximate surface area is 208 Å². The van der Waals surface area contributed by atoms with Crippen molar-refractivity contribution in [3.8, 4) is 5.75 Å². The summed E-state index contributed by atoms with van der Waals surface area (Å²) in [7, 11) is -3.03. The smallest absolute Gasteiger partial charge is 0.337 e. The zero-order chi connectivity index (χ0) is 25.2. The van der Waals surface area contributed by atoms with E-state index in [2.05, 4.69) is 4.72 Å². The first-order chi connectivity index (χ1) is 15.9. The quantitative estimate of drug-likeness (QED) is 0.266. The number of hydrogen-bond donors (Lipinski definition) is 2. The summed E-state index contributed by atoms with van der Waals surface area (Å²) in [6.07, 6.45) is 0. The summed E-state index contributed by atoms with van der Waals surface area (Å²) in [5.74, 6) is -1.09. The molecule has 0 aliphatic rings. The maximum Gasteiger partial charge on any atom is 0.337 e. The SMILES string of the molecule is COc1cc(NS(=O)(=O)c2ccc(Sc3ccc(Cl)c(Cl)c3)c([N+](=O)[O-])c2)c(C(=O)O)cc1C. The average Bonchev–Trinajstić information content (AvgIpc) is 2.76. The highest BCUT2D eigenvalue weighted by Crippen LogP contribution is 2.38. The molecule has 0 fully saturated rings. The van der Waals surface area contributed by atoms with Gasteiger partial charge in [-0.2, -0.15) is 0 Å². The van der Waals surface area contributed by atoms with E-state index >= 15 is 0 Å². The van der Waals surface area contributed by atoms with Crippen molar-refractivity contribution in [2.75, 3.05) is 11.8 Å². The molecule has 0 aliphatic heterocycles. The summed E-state index contributed by atoms with van der Waals surface area (Å²) < 4.78 is 33.3. The lowest BCUT2D eigenvalue weighted by molar-refractivity contribution is -0.388. The Morgan fingerprint density at radius 3 is 2.41 bits per heavy atom. The van der Waals surface area contributed by atoms with Crippen LogP contribution < -0.4 is 9.46 Å². The Balaban J connectivity index is 2.01. The van der Waals surface area contributed by atoms with Crippen LogP contribution in [0.25, 0.3) is 0 Å². The molecule has 0 bridgehead atoms. The van der Waals surface area contributed by atoms with Gasteiger partial charge in [-0.1, -0.05) is 35.0 Å². The summed E-state index contributed by atoms with van der Waals surface area (Å²) >= 11 is 12.9. The number of carboxylic acid groups (broad SMARTS) is 1. The van der Waals surface area contributed by atoms with Crippen molar-refractivity contribution in [1.82, 2.24) is 0 Å². The van der Waals surface area contributed by atoms with Crippen molar-refractivity contribution in [3.05, 3.63) is 79.8 Å². The summed E-state index contributed by atoms with van der Waals surface area (Å²) in [4.78, 5) is 22.9. The van der Waals surface area contributed by atoms with Crippen LogP contribution in [0.4, 0.5) is 11.4 Å². The van der Waals surface area contributed by atoms with Crippen LogP contribution in [0.3, 0.4) is 0 Å². The minimum absolute atomic E-state index is 0.172. The summed E-state index contributed by atoms with van der Waals surface area (Å²) in [6, 6.07) is 10.5. The molecule has 0 aliphatic carbocycles. The van der Waals surface area contributed by atoms with Gasteiger partial charge in [0.25, 0.3) is 15.7 Å². The number of carboxylic acids is 1. The van der Waals surface area contributed by atoms with Crippen LogP contribution in [-0.2, 0) is 10.0 Å². The van der Waals surface area contributed by atoms with Crippen LogP contribution in [-0.4, -0.2) is 31.5 Å². The molecule has 0 saturated heterocycles. The lowest BCUT2D eigenvalue weighted by Crippen LogP contribution is -2.16. The maximum atomic E-state index is 13.0. The molecular formula is C21H16Cl2N2O7S2. The van der Waals surface area contributed by atoms with Crippen molar-refractivity contribution in [3.63, 3.8) is 0 Å². The van der Waals surface area contributed by atoms with Gasteiger partial charge in [0.15, 0.2) is 0 Å². The molecule has 34 heavy (non-hydrogen) atoms. The Morgan fingerprint density at radius 2 is 1.82 bits per heavy atom. The molecule has 0 amide bonds. The Kier molecular flexibility index (Phi) is 7.61. The maximum absolute atomic E-state index is 13.0. The number of nitro groups is 1. The number of methoxy groups -OCH3 is 1. The van der Waals surface area contributed by atoms with E-state index in [1.54, 1.807) is 13.0 Å². The normalized spacial score (nSPS) is 11.2. The lowest BCUT2D eigenvalue weighted by atomic mass is 10.1. The molecule has 9 nitrogen and oxygen atoms in total. The van der Waals surface area contributed by atoms with Crippen molar-refractivity contribution in [2.24, 2.45) is 0 Å². The summed E-state index contributed by atoms with van der Waals surface area (Å²) in [5, 5.41) is 21.7. The Hall–Kier alpha value is -2.99. The molecule has 0 unspecified atom stereocenters. The zero-order valence-electron chi connectivity index (χ0n) is 17.5. The number of benzene rings is 3. The number of sulfonamides is 1. The number of aromatic carboxylic acids is 1. The van der Waals surface area contributed by atoms with Crippen molar-refractivity contribution in [2.45, 2.75) is 21.6 Å². The van der Waals surface area contributed by atoms with Crippen molar-refractivity contribution in [1.29, 1.82) is 0 Å². The number of ether oxygens (including phenoxy) is 1. The van der Waals surface area contributed by atoms with Gasteiger partial charge in [-0.25, -0.2) is 13.2 Å². The highest BCUT2D eigenvalue weighted by molar-refractivity contribution is 7.99. The first kappa shape index (κ1) is 25.6. The van der Waals surface area contributed by atoms with Crippen LogP contribution in [0.1, 0.15) is 15.9 Å². The van der Waals surface area contributed by atoms with Crippen molar-refractivity contribution >= 4 is 62.3 Å². The van der Waals surface area contributed by atoms with Gasteiger partial charge in [-0.15, -0.1) is 0 Å². The van der Waals surface area contributed by atoms with E-state index in [0.29, 0.717) is 15.5 Å². The Morgan fingerprint density at radius 1 is 1.12 bits per heavy atom. The molecule has 3 rings (SSSR count). The number of nitrogens with zero attached hydrogens (tertiary/aromatic N) is 1. The van der Waals surface area contributed by atoms with Crippen LogP contribution in [0.5, 0.6) is 5.75 Å². The van der Waals surface area contributed by atoms with Gasteiger partial charge in [-0.3, -0.25) is 14.8 Å². The van der Waals surface area contributed by atoms with Gasteiger partial charge in [0.05, 0.1) is 43.1 Å². The number of nitro benzene ring substituents is 1. The number of anilines is 1. The second kappa shape index (κ2) is 10.1. The number of aryl methyl sites for hydroxylation is 1. The predicted molar refractivity (Wildman–Crippen MR) is 129 cm³/mol. The molecule has 0 aromatic heterocycles. The molecule has 13 heteroatoms. The topological polar surface area (TPSA) is 136 Å². The largest absolute Gasteiger partial charge is 0.496 e. The Bertz CT molecular complexity index is 1410. The molecule has 0 saturated carbocycles. The highest BCUT2D eigenvalue weighted by Gasteiger charge is 2.25. The van der Waals surface area contributed by atoms with Crippen LogP contribution in [0.15, 0.2) is 63.2 Å². The summed E-state index contributed by atoms with van der Waals surface area (Å²) in [5.41, 5.74) is -0.518. The zero-order valence-corrected chi connectivity index (χ0v) is 20.7. The second-order valence-electron chi connectivity index (χ2n) is 6.84. The third-order valence-corrected chi connectivity index (χ3v) is 7.72. The third-order valence-electron chi connectivity index (χ3n) is 4.57. The second-order valence-corrected chi connectivity index (χ2v) is 10.5. The van der Waals surface area contributed by atoms with Crippen molar-refractivity contribution < 1.29 is 28.0 Å². The predicted octanol–water partition coefficient (Wildman–Crippen LogP) is 5.87. The fraction of sp³-hybridized carbons (Fsp3) is 0.0952. The monoisotopic (exact) mass is 542 g/mol. The molecule has 3 aromatic rings. The molecular weight excluding hydrogens is 527 g/mol. The minimum Gasteiger partial charge on any atom is -0.496 e. The fourth-order valence-corrected chi connectivity index (χ4v) is 5.33. The first-order valence-electron chi connectivity index (χ1n) is 9.29. The molecule has 0 spiro atoms. The standard InChI is InChI=1S/C21H16Cl2N2O7S2/c1-11-7-14(21(26)27)17(10-19(11)32-2)24-34(30,31)13-4-6-20(18(9-13)25(28)29)33-12-3-5-15(22)16(23)8-12/h3-10,24H,1-2H3,(H,26,27). The van der Waals surface area contributed by atoms with E-state index in [0.717, 1.165) is 17.8 Å². The molecule has 178 valence electrons. The van der Waals surface area contributed by atoms with E-state index in [4.69, 9.17) is 27.9 Å². The molecule has 3 aromatic carbocycles. The van der Waals surface area contributed by atoms with Gasteiger partial charge in [0.1, 0.15) is 5.75 Å². The molecule has 2 N–H and O–H groups in total. The number of rotatable bonds is 8. The van der Waals surface area contributed by atoms with E-state index in [-0.39, 0.29) is 26.9 Å². The fourth-order valence-electron chi connectivity index (χ4n) is 2.93. The number of halogens is 2. The van der Waals surface area contributed by atoms with E-state index in [1.165, 1.54) is 43.5 Å². The van der Waals surface area contributed by atoms with Gasteiger partial charge >= 0.3 is 5.97 Å². The number of carbonyl (C=O) groups is 1. The third kappa shape index (κ3) is 5.55. The van der Waals surface area contributed by atoms with E-state index in [1.807, 2.05) is 0 Å². The van der Waals surface area contributed by atoms with E-state index in [9.17, 15) is 28.4 Å². The van der Waals surface area contributed by atoms with Crippen LogP contribution in [0.2, 0.25) is 10.0 Å². The molecule has 0 heterocycles. The van der Waals surface area contributed by atoms with Gasteiger partial charge in [0, 0.05) is 17.0 Å². The number of nitrogens with one attached hydrogen (secondary N) is 1. The molecule has 0 atom stereocenters. The number of hydrogen-bond acceptors (Lipinski definition) is 7. The highest BCUT2D eigenvalue weighted by atomic mass is 35.5. The van der Waals surface area contributed by atoms with Gasteiger partial charge < -0.3 is 9.84 Å². The van der Waals surface area contributed by atoms with Crippen LogP contribution >= 0.6 is 35.0 Å². The minimum atomic E-state index is -4.39. The van der Waals surface area contributed by atoms with Gasteiger partial charge in [0.2, 0.25) is 0 Å². The molecule has 0 radical (unpaired) electrons. The van der Waals surface area contributed by atoms with E-state index < -0.39 is 31.5 Å².